The molecule has 0 aromatic carbocycles. The van der Waals surface area contributed by atoms with Crippen molar-refractivity contribution in [1.82, 2.24) is 10.3 Å². The minimum absolute atomic E-state index is 0. The van der Waals surface area contributed by atoms with Crippen LogP contribution in [0.4, 0.5) is 0 Å². The second-order valence-corrected chi connectivity index (χ2v) is 2.36. The molecule has 4 nitrogen and oxygen atoms in total. The van der Waals surface area contributed by atoms with E-state index in [1.807, 2.05) is 13.0 Å². The largest absolute Gasteiger partial charge is 0.464 e. The predicted octanol–water partition coefficient (Wildman–Crippen LogP) is 0.582. The number of aryl methyl sites for hydroxylation is 1. The fraction of sp³-hybridized carbons (Fsp3) is 0.200. The first kappa shape index (κ1) is 16.4. The van der Waals surface area contributed by atoms with Crippen molar-refractivity contribution in [3.8, 4) is 0 Å². The van der Waals surface area contributed by atoms with Crippen molar-refractivity contribution in [1.29, 1.82) is 0 Å². The Hall–Kier alpha value is -1.02. The van der Waals surface area contributed by atoms with E-state index in [4.69, 9.17) is 0 Å². The molecule has 5 heteroatoms. The number of amides is 2. The molecule has 0 radical (unpaired) electrons. The molecule has 0 aliphatic carbocycles. The summed E-state index contributed by atoms with van der Waals surface area (Å²) >= 11 is 0. The fourth-order valence-corrected chi connectivity index (χ4v) is 0.513. The number of pyridine rings is 1. The van der Waals surface area contributed by atoms with Crippen molar-refractivity contribution >= 4 is 12.3 Å². The van der Waals surface area contributed by atoms with Crippen molar-refractivity contribution in [2.24, 2.45) is 0 Å². The maximum absolute atomic E-state index is 9.98. The van der Waals surface area contributed by atoms with Gasteiger partial charge in [0.1, 0.15) is 0 Å². The Bertz CT molecular complexity index is 278. The molecule has 1 heterocycles. The van der Waals surface area contributed by atoms with E-state index in [9.17, 15) is 9.59 Å². The standard InChI is InChI=1S/C6H6N.C4H5NO2.W/c1-6-3-2-4-7-5-6;1-2-4(7)5-3-6;/h2-3,5H,1H3;1-2H2,(H,5,6,7);/q-1;-2;. The van der Waals surface area contributed by atoms with Gasteiger partial charge in [-0.15, -0.1) is 5.56 Å². The van der Waals surface area contributed by atoms with Gasteiger partial charge in [-0.3, -0.25) is 0 Å². The normalized spacial score (nSPS) is 7.60. The summed E-state index contributed by atoms with van der Waals surface area (Å²) in [5.41, 5.74) is 1.18. The van der Waals surface area contributed by atoms with E-state index in [1.54, 1.807) is 17.6 Å². The molecule has 0 fully saturated rings. The molecule has 0 unspecified atom stereocenters. The summed E-state index contributed by atoms with van der Waals surface area (Å²) in [5, 5.41) is 1.79. The van der Waals surface area contributed by atoms with Gasteiger partial charge in [0, 0.05) is 27.0 Å². The van der Waals surface area contributed by atoms with Gasteiger partial charge in [-0.05, 0) is 0 Å². The van der Waals surface area contributed by atoms with Crippen LogP contribution in [0.5, 0.6) is 0 Å². The van der Waals surface area contributed by atoms with Gasteiger partial charge in [-0.2, -0.15) is 18.6 Å². The van der Waals surface area contributed by atoms with Crippen LogP contribution < -0.4 is 5.32 Å². The summed E-state index contributed by atoms with van der Waals surface area (Å²) in [6.45, 7) is 5.21. The van der Waals surface area contributed by atoms with Gasteiger partial charge in [-0.1, -0.05) is 19.3 Å². The number of rotatable bonds is 2. The van der Waals surface area contributed by atoms with E-state index >= 15 is 0 Å². The third kappa shape index (κ3) is 10.9. The van der Waals surface area contributed by atoms with Gasteiger partial charge in [0.25, 0.3) is 0 Å². The van der Waals surface area contributed by atoms with Crippen molar-refractivity contribution in [3.63, 3.8) is 0 Å². The molecule has 0 atom stereocenters. The SMILES string of the molecule is Cc1cc[c-]nc1.[CH2-]CC(=O)N[C-]=O.[W]. The average Bonchev–Trinajstić information content (AvgIpc) is 2.20. The van der Waals surface area contributed by atoms with Crippen molar-refractivity contribution in [2.45, 2.75) is 13.3 Å². The number of hydrogen-bond acceptors (Lipinski definition) is 3. The van der Waals surface area contributed by atoms with E-state index in [0.29, 0.717) is 0 Å². The summed E-state index contributed by atoms with van der Waals surface area (Å²) in [7, 11) is 0. The molecule has 82 valence electrons. The van der Waals surface area contributed by atoms with Gasteiger partial charge in [0.2, 0.25) is 0 Å². The van der Waals surface area contributed by atoms with Crippen LogP contribution in [0.15, 0.2) is 18.3 Å². The maximum atomic E-state index is 9.98. The molecule has 1 rings (SSSR count). The van der Waals surface area contributed by atoms with Crippen LogP contribution in [0.1, 0.15) is 12.0 Å². The van der Waals surface area contributed by atoms with Crippen LogP contribution >= 0.6 is 0 Å². The number of imide groups is 1. The molecule has 1 aromatic rings. The topological polar surface area (TPSA) is 59.1 Å². The first-order chi connectivity index (χ1) is 6.70. The first-order valence-corrected chi connectivity index (χ1v) is 3.94. The average molecular weight is 375 g/mol. The smallest absolute Gasteiger partial charge is 0.0713 e. The number of nitrogens with zero attached hydrogens (tertiary/aromatic N) is 1. The zero-order chi connectivity index (χ0) is 10.8. The van der Waals surface area contributed by atoms with Gasteiger partial charge in [-0.25, -0.2) is 0 Å². The van der Waals surface area contributed by atoms with Gasteiger partial charge >= 0.3 is 0 Å². The van der Waals surface area contributed by atoms with Crippen LogP contribution in [0, 0.1) is 20.0 Å². The van der Waals surface area contributed by atoms with Crippen LogP contribution in [0.25, 0.3) is 0 Å². The van der Waals surface area contributed by atoms with Crippen molar-refractivity contribution < 1.29 is 30.7 Å². The molecule has 1 N–H and O–H groups in total. The Morgan fingerprint density at radius 1 is 1.73 bits per heavy atom. The summed E-state index contributed by atoms with van der Waals surface area (Å²) in [4.78, 5) is 23.0. The number of carbonyl (C=O) groups is 1. The minimum Gasteiger partial charge on any atom is -0.464 e. The van der Waals surface area contributed by atoms with Gasteiger partial charge in [0.05, 0.1) is 6.41 Å². The van der Waals surface area contributed by atoms with Crippen LogP contribution in [-0.2, 0) is 30.7 Å². The Labute approximate surface area is 104 Å². The van der Waals surface area contributed by atoms with E-state index in [0.717, 1.165) is 0 Å². The second kappa shape index (κ2) is 11.1. The monoisotopic (exact) mass is 375 g/mol. The van der Waals surface area contributed by atoms with Gasteiger partial charge in [0.15, 0.2) is 0 Å². The molecule has 0 spiro atoms. The molecular formula is C10H11N2O2W-3. The molecule has 0 saturated heterocycles. The summed E-state index contributed by atoms with van der Waals surface area (Å²) in [6, 6.07) is 3.77. The molecule has 2 amide bonds. The molecule has 0 bridgehead atoms. The van der Waals surface area contributed by atoms with Crippen LogP contribution in [0.3, 0.4) is 0 Å². The number of aromatic nitrogens is 1. The first-order valence-electron chi connectivity index (χ1n) is 3.94. The third-order valence-electron chi connectivity index (χ3n) is 1.18. The summed E-state index contributed by atoms with van der Waals surface area (Å²) in [5.74, 6) is -0.407. The Morgan fingerprint density at radius 3 is 2.60 bits per heavy atom. The van der Waals surface area contributed by atoms with E-state index < -0.39 is 5.91 Å². The third-order valence-corrected chi connectivity index (χ3v) is 1.18. The van der Waals surface area contributed by atoms with E-state index in [-0.39, 0.29) is 27.5 Å². The number of carbonyl (C=O) groups excluding carboxylic acids is 2. The van der Waals surface area contributed by atoms with Crippen LogP contribution in [0.2, 0.25) is 0 Å². The fourth-order valence-electron chi connectivity index (χ4n) is 0.513. The molecule has 0 aliphatic rings. The van der Waals surface area contributed by atoms with Gasteiger partial charge < -0.3 is 26.8 Å². The van der Waals surface area contributed by atoms with Crippen molar-refractivity contribution in [3.05, 3.63) is 37.0 Å². The quantitative estimate of drug-likeness (QED) is 0.608. The summed E-state index contributed by atoms with van der Waals surface area (Å²) < 4.78 is 0. The van der Waals surface area contributed by atoms with Crippen LogP contribution in [-0.4, -0.2) is 17.3 Å². The molecule has 1 aromatic heterocycles. The molecule has 15 heavy (non-hydrogen) atoms. The molecule has 0 saturated carbocycles. The Morgan fingerprint density at radius 2 is 2.40 bits per heavy atom. The van der Waals surface area contributed by atoms with Crippen molar-refractivity contribution in [2.75, 3.05) is 0 Å². The van der Waals surface area contributed by atoms with E-state index in [1.165, 1.54) is 12.0 Å². The van der Waals surface area contributed by atoms with E-state index in [2.05, 4.69) is 18.1 Å². The number of nitrogens with one attached hydrogen (secondary N) is 1. The molecule has 0 aliphatic heterocycles. The predicted molar refractivity (Wildman–Crippen MR) is 51.6 cm³/mol. The zero-order valence-electron chi connectivity index (χ0n) is 8.32. The number of hydrogen-bond donors (Lipinski definition) is 1. The maximum Gasteiger partial charge on any atom is 0.0713 e. The summed E-state index contributed by atoms with van der Waals surface area (Å²) in [6.07, 6.45) is 5.77. The zero-order valence-corrected chi connectivity index (χ0v) is 11.3. The molecular weight excluding hydrogens is 364 g/mol. The Balaban J connectivity index is 0. The second-order valence-electron chi connectivity index (χ2n) is 2.36. The Kier molecular flexibility index (Phi) is 12.1. The minimum atomic E-state index is -0.407.